The summed E-state index contributed by atoms with van der Waals surface area (Å²) >= 11 is 6.89. The number of hydrogen-bond donors (Lipinski definition) is 3. The number of hydrogen-bond acceptors (Lipinski definition) is 7. The molecule has 13 heteroatoms. The molecule has 0 aliphatic carbocycles. The number of carbonyl (C=O) groups excluding carboxylic acids is 2. The molecule has 2 amide bonds. The average molecular weight is 517 g/mol. The van der Waals surface area contributed by atoms with Crippen molar-refractivity contribution in [3.8, 4) is 11.5 Å². The molecule has 1 aromatic carbocycles. The number of oxazole rings is 1. The van der Waals surface area contributed by atoms with Gasteiger partial charge in [-0.25, -0.2) is 9.97 Å². The first kappa shape index (κ1) is 25.7. The summed E-state index contributed by atoms with van der Waals surface area (Å²) in [7, 11) is 0. The van der Waals surface area contributed by atoms with Gasteiger partial charge in [0.05, 0.1) is 12.2 Å². The first-order chi connectivity index (χ1) is 16.0. The van der Waals surface area contributed by atoms with Gasteiger partial charge >= 0.3 is 6.18 Å². The topological polar surface area (TPSA) is 117 Å². The number of rotatable bonds is 9. The fourth-order valence-electron chi connectivity index (χ4n) is 2.93. The van der Waals surface area contributed by atoms with Crippen molar-refractivity contribution in [1.29, 1.82) is 0 Å². The number of nitrogens with one attached hydrogen (secondary N) is 2. The molecule has 2 aromatic heterocycles. The Kier molecular flexibility index (Phi) is 8.28. The number of alkyl halides is 3. The Hall–Kier alpha value is -2.96. The van der Waals surface area contributed by atoms with Gasteiger partial charge in [0.2, 0.25) is 17.6 Å². The van der Waals surface area contributed by atoms with Gasteiger partial charge in [0.15, 0.2) is 0 Å². The van der Waals surface area contributed by atoms with Crippen LogP contribution < -0.4 is 10.6 Å². The fraction of sp³-hybridized carbons (Fsp3) is 0.333. The van der Waals surface area contributed by atoms with Crippen molar-refractivity contribution < 1.29 is 32.3 Å². The van der Waals surface area contributed by atoms with E-state index in [1.165, 1.54) is 19.3 Å². The average Bonchev–Trinajstić information content (AvgIpc) is 3.48. The molecular formula is C21H20ClF3N4O4S. The molecule has 34 heavy (non-hydrogen) atoms. The zero-order chi connectivity index (χ0) is 24.9. The van der Waals surface area contributed by atoms with E-state index in [0.717, 1.165) is 11.3 Å². The highest BCUT2D eigenvalue weighted by molar-refractivity contribution is 7.09. The molecule has 8 nitrogen and oxygen atoms in total. The fourth-order valence-corrected chi connectivity index (χ4v) is 3.74. The van der Waals surface area contributed by atoms with Gasteiger partial charge in [-0.2, -0.15) is 13.2 Å². The molecule has 0 aliphatic heterocycles. The second-order valence-corrected chi connectivity index (χ2v) is 8.68. The minimum Gasteiger partial charge on any atom is -0.431 e. The van der Waals surface area contributed by atoms with Gasteiger partial charge in [-0.1, -0.05) is 11.6 Å². The van der Waals surface area contributed by atoms with Crippen molar-refractivity contribution in [2.75, 3.05) is 0 Å². The van der Waals surface area contributed by atoms with E-state index in [-0.39, 0.29) is 16.7 Å². The Morgan fingerprint density at radius 1 is 1.21 bits per heavy atom. The van der Waals surface area contributed by atoms with Crippen molar-refractivity contribution in [3.05, 3.63) is 57.8 Å². The Bertz CT molecular complexity index is 1110. The molecule has 2 heterocycles. The van der Waals surface area contributed by atoms with Crippen molar-refractivity contribution in [1.82, 2.24) is 20.6 Å². The molecule has 0 spiro atoms. The highest BCUT2D eigenvalue weighted by Crippen LogP contribution is 2.28. The minimum absolute atomic E-state index is 0.165. The summed E-state index contributed by atoms with van der Waals surface area (Å²) in [5, 5.41) is 17.4. The van der Waals surface area contributed by atoms with Gasteiger partial charge < -0.3 is 20.2 Å². The quantitative estimate of drug-likeness (QED) is 0.393. The summed E-state index contributed by atoms with van der Waals surface area (Å²) in [5.74, 6) is -1.53. The van der Waals surface area contributed by atoms with Crippen molar-refractivity contribution >= 4 is 34.8 Å². The predicted molar refractivity (Wildman–Crippen MR) is 118 cm³/mol. The number of amides is 2. The first-order valence-corrected chi connectivity index (χ1v) is 11.3. The van der Waals surface area contributed by atoms with E-state index in [0.29, 0.717) is 10.6 Å². The van der Waals surface area contributed by atoms with E-state index in [1.54, 1.807) is 29.6 Å². The number of carbonyl (C=O) groups is 2. The van der Waals surface area contributed by atoms with E-state index in [1.807, 2.05) is 0 Å². The van der Waals surface area contributed by atoms with Crippen LogP contribution in [0.4, 0.5) is 13.2 Å². The maximum absolute atomic E-state index is 12.7. The summed E-state index contributed by atoms with van der Waals surface area (Å²) in [6.07, 6.45) is -5.12. The molecule has 3 N–H and O–H groups in total. The number of aliphatic hydroxyl groups excluding tert-OH is 1. The molecule has 3 atom stereocenters. The number of benzene rings is 1. The Morgan fingerprint density at radius 3 is 2.53 bits per heavy atom. The third-order valence-electron chi connectivity index (χ3n) is 4.71. The lowest BCUT2D eigenvalue weighted by molar-refractivity contribution is -0.140. The molecule has 182 valence electrons. The van der Waals surface area contributed by atoms with Crippen LogP contribution in [0, 0.1) is 0 Å². The van der Waals surface area contributed by atoms with Crippen LogP contribution in [0.5, 0.6) is 0 Å². The minimum atomic E-state index is -4.47. The Labute approximate surface area is 201 Å². The van der Waals surface area contributed by atoms with Crippen LogP contribution in [0.1, 0.15) is 41.4 Å². The maximum Gasteiger partial charge on any atom is 0.389 e. The van der Waals surface area contributed by atoms with Gasteiger partial charge in [0, 0.05) is 28.6 Å². The Morgan fingerprint density at radius 2 is 1.91 bits per heavy atom. The normalized spacial score (nSPS) is 14.3. The van der Waals surface area contributed by atoms with Crippen LogP contribution in [0.2, 0.25) is 5.02 Å². The van der Waals surface area contributed by atoms with E-state index >= 15 is 0 Å². The molecule has 0 saturated heterocycles. The van der Waals surface area contributed by atoms with E-state index in [4.69, 9.17) is 16.0 Å². The van der Waals surface area contributed by atoms with Crippen LogP contribution in [-0.4, -0.2) is 45.1 Å². The van der Waals surface area contributed by atoms with Gasteiger partial charge in [0.25, 0.3) is 5.91 Å². The molecular weight excluding hydrogens is 497 g/mol. The van der Waals surface area contributed by atoms with E-state index in [9.17, 15) is 27.9 Å². The van der Waals surface area contributed by atoms with E-state index in [2.05, 4.69) is 20.6 Å². The highest BCUT2D eigenvalue weighted by atomic mass is 35.5. The van der Waals surface area contributed by atoms with Gasteiger partial charge in [-0.05, 0) is 37.6 Å². The molecule has 0 radical (unpaired) electrons. The smallest absolute Gasteiger partial charge is 0.389 e. The largest absolute Gasteiger partial charge is 0.431 e. The number of nitrogens with zero attached hydrogens (tertiary/aromatic N) is 2. The number of thiazole rings is 1. The number of halogens is 4. The van der Waals surface area contributed by atoms with Crippen LogP contribution in [0.3, 0.4) is 0 Å². The van der Waals surface area contributed by atoms with E-state index < -0.39 is 49.0 Å². The number of aliphatic hydroxyl groups is 1. The molecule has 0 fully saturated rings. The third kappa shape index (κ3) is 7.02. The lowest BCUT2D eigenvalue weighted by Gasteiger charge is -2.25. The van der Waals surface area contributed by atoms with Crippen LogP contribution in [0.15, 0.2) is 46.5 Å². The predicted octanol–water partition coefficient (Wildman–Crippen LogP) is 4.13. The van der Waals surface area contributed by atoms with Crippen LogP contribution in [0.25, 0.3) is 11.5 Å². The third-order valence-corrected chi connectivity index (χ3v) is 5.81. The van der Waals surface area contributed by atoms with Gasteiger partial charge in [-0.15, -0.1) is 11.3 Å². The first-order valence-electron chi connectivity index (χ1n) is 10.0. The molecule has 1 unspecified atom stereocenters. The summed E-state index contributed by atoms with van der Waals surface area (Å²) in [6, 6.07) is 4.15. The molecule has 0 bridgehead atoms. The second-order valence-electron chi connectivity index (χ2n) is 7.32. The lowest BCUT2D eigenvalue weighted by atomic mass is 10.0. The van der Waals surface area contributed by atoms with Crippen LogP contribution >= 0.6 is 22.9 Å². The van der Waals surface area contributed by atoms with Crippen molar-refractivity contribution in [2.24, 2.45) is 0 Å². The molecule has 0 aliphatic rings. The van der Waals surface area contributed by atoms with Crippen molar-refractivity contribution in [3.63, 3.8) is 0 Å². The number of aromatic nitrogens is 2. The SMILES string of the molecule is C[C@H](NC(=O)c1cnc(-c2ccc(Cl)cc2)o1)C(=O)N[C@@H](CCC(F)(F)F)C(O)c1nccs1. The van der Waals surface area contributed by atoms with Gasteiger partial charge in [0.1, 0.15) is 17.2 Å². The highest BCUT2D eigenvalue weighted by Gasteiger charge is 2.33. The standard InChI is InChI=1S/C21H20ClF3N4O4S/c1-11(28-18(32)15-10-27-19(33-15)12-2-4-13(22)5-3-12)17(31)29-14(6-7-21(23,24)25)16(30)20-26-8-9-34-20/h2-5,8-11,14,16,30H,6-7H2,1H3,(H,28,32)(H,29,31)/t11-,14-,16?/m0/s1. The monoisotopic (exact) mass is 516 g/mol. The van der Waals surface area contributed by atoms with Gasteiger partial charge in [-0.3, -0.25) is 9.59 Å². The Balaban J connectivity index is 1.63. The lowest BCUT2D eigenvalue weighted by Crippen LogP contribution is -2.49. The van der Waals surface area contributed by atoms with Crippen LogP contribution in [-0.2, 0) is 4.79 Å². The van der Waals surface area contributed by atoms with Crippen molar-refractivity contribution in [2.45, 2.75) is 44.1 Å². The molecule has 3 aromatic rings. The zero-order valence-corrected chi connectivity index (χ0v) is 19.2. The molecule has 3 rings (SSSR count). The summed E-state index contributed by atoms with van der Waals surface area (Å²) in [6.45, 7) is 1.35. The summed E-state index contributed by atoms with van der Waals surface area (Å²) in [5.41, 5.74) is 0.581. The maximum atomic E-state index is 12.7. The zero-order valence-electron chi connectivity index (χ0n) is 17.7. The second kappa shape index (κ2) is 11.0. The summed E-state index contributed by atoms with van der Waals surface area (Å²) in [4.78, 5) is 33.0. The molecule has 0 saturated carbocycles. The summed E-state index contributed by atoms with van der Waals surface area (Å²) < 4.78 is 43.6.